The first-order valence-corrected chi connectivity index (χ1v) is 10.4. The van der Waals surface area contributed by atoms with E-state index in [1.54, 1.807) is 11.3 Å². The predicted octanol–water partition coefficient (Wildman–Crippen LogP) is 3.16. The van der Waals surface area contributed by atoms with E-state index in [2.05, 4.69) is 9.88 Å². The molecule has 138 valence electrons. The third-order valence-electron chi connectivity index (χ3n) is 5.28. The van der Waals surface area contributed by atoms with Gasteiger partial charge in [0.05, 0.1) is 5.56 Å². The molecule has 0 radical (unpaired) electrons. The van der Waals surface area contributed by atoms with Gasteiger partial charge in [-0.3, -0.25) is 9.59 Å². The molecular formula is C20H25N3O2S. The van der Waals surface area contributed by atoms with Crippen molar-refractivity contribution in [3.63, 3.8) is 0 Å². The summed E-state index contributed by atoms with van der Waals surface area (Å²) in [5.41, 5.74) is 2.11. The number of nitrogens with one attached hydrogen (secondary N) is 1. The zero-order valence-corrected chi connectivity index (χ0v) is 15.8. The average molecular weight is 372 g/mol. The Kier molecular flexibility index (Phi) is 5.11. The summed E-state index contributed by atoms with van der Waals surface area (Å²) in [7, 11) is 0. The van der Waals surface area contributed by atoms with Gasteiger partial charge in [0.15, 0.2) is 0 Å². The molecule has 2 aromatic heterocycles. The molecule has 3 heterocycles. The molecular weight excluding hydrogens is 346 g/mol. The van der Waals surface area contributed by atoms with Crippen molar-refractivity contribution in [2.45, 2.75) is 44.9 Å². The standard InChI is InChI=1S/C20H25N3O2S/c24-17-9-5-13-22(17)14-6-10-21-19(25)18-15-7-1-2-8-16(15)26-20(18)23-11-3-4-12-23/h3-4,11-12H,1-2,5-10,13-14H2,(H,21,25). The monoisotopic (exact) mass is 371 g/mol. The van der Waals surface area contributed by atoms with E-state index in [4.69, 9.17) is 0 Å². The van der Waals surface area contributed by atoms with Crippen LogP contribution < -0.4 is 5.32 Å². The molecule has 2 aliphatic rings. The molecule has 0 aromatic carbocycles. The molecule has 0 atom stereocenters. The van der Waals surface area contributed by atoms with Crippen molar-refractivity contribution in [2.24, 2.45) is 0 Å². The number of likely N-dealkylation sites (tertiary alicyclic amines) is 1. The number of amides is 2. The molecule has 2 aromatic rings. The number of thiophene rings is 1. The molecule has 1 fully saturated rings. The quantitative estimate of drug-likeness (QED) is 0.793. The van der Waals surface area contributed by atoms with E-state index < -0.39 is 0 Å². The van der Waals surface area contributed by atoms with E-state index in [1.807, 2.05) is 29.4 Å². The summed E-state index contributed by atoms with van der Waals surface area (Å²) in [6.07, 6.45) is 10.9. The van der Waals surface area contributed by atoms with Crippen LogP contribution in [0.5, 0.6) is 0 Å². The number of aromatic nitrogens is 1. The minimum atomic E-state index is 0.0286. The summed E-state index contributed by atoms with van der Waals surface area (Å²) in [5, 5.41) is 4.13. The van der Waals surface area contributed by atoms with Gasteiger partial charge < -0.3 is 14.8 Å². The van der Waals surface area contributed by atoms with Crippen molar-refractivity contribution in [3.8, 4) is 5.00 Å². The second-order valence-electron chi connectivity index (χ2n) is 7.08. The number of nitrogens with zero attached hydrogens (tertiary/aromatic N) is 2. The lowest BCUT2D eigenvalue weighted by atomic mass is 9.95. The van der Waals surface area contributed by atoms with Crippen molar-refractivity contribution in [3.05, 3.63) is 40.5 Å². The van der Waals surface area contributed by atoms with E-state index in [1.165, 1.54) is 16.9 Å². The van der Waals surface area contributed by atoms with E-state index in [0.29, 0.717) is 13.0 Å². The van der Waals surface area contributed by atoms with Crippen LogP contribution >= 0.6 is 11.3 Å². The summed E-state index contributed by atoms with van der Waals surface area (Å²) in [6, 6.07) is 3.99. The van der Waals surface area contributed by atoms with Gasteiger partial charge in [-0.25, -0.2) is 0 Å². The molecule has 0 saturated carbocycles. The summed E-state index contributed by atoms with van der Waals surface area (Å²) < 4.78 is 2.06. The van der Waals surface area contributed by atoms with Crippen LogP contribution in [0.3, 0.4) is 0 Å². The van der Waals surface area contributed by atoms with Crippen molar-refractivity contribution in [1.82, 2.24) is 14.8 Å². The van der Waals surface area contributed by atoms with Crippen molar-refractivity contribution < 1.29 is 9.59 Å². The molecule has 2 amide bonds. The number of hydrogen-bond donors (Lipinski definition) is 1. The van der Waals surface area contributed by atoms with Gasteiger partial charge in [-0.15, -0.1) is 11.3 Å². The summed E-state index contributed by atoms with van der Waals surface area (Å²) in [6.45, 7) is 2.21. The highest BCUT2D eigenvalue weighted by molar-refractivity contribution is 7.15. The summed E-state index contributed by atoms with van der Waals surface area (Å²) in [4.78, 5) is 27.9. The average Bonchev–Trinajstić information content (AvgIpc) is 3.38. The zero-order chi connectivity index (χ0) is 17.9. The maximum absolute atomic E-state index is 13.0. The van der Waals surface area contributed by atoms with Crippen molar-refractivity contribution >= 4 is 23.2 Å². The first-order valence-electron chi connectivity index (χ1n) is 9.58. The minimum Gasteiger partial charge on any atom is -0.352 e. The molecule has 26 heavy (non-hydrogen) atoms. The lowest BCUT2D eigenvalue weighted by Gasteiger charge is -2.16. The molecule has 6 heteroatoms. The fourth-order valence-electron chi connectivity index (χ4n) is 3.94. The van der Waals surface area contributed by atoms with Gasteiger partial charge in [0.1, 0.15) is 5.00 Å². The first-order chi connectivity index (χ1) is 12.7. The molecule has 4 rings (SSSR count). The molecule has 1 saturated heterocycles. The Balaban J connectivity index is 1.45. The van der Waals surface area contributed by atoms with Gasteiger partial charge in [-0.05, 0) is 56.2 Å². The maximum atomic E-state index is 13.0. The highest BCUT2D eigenvalue weighted by Gasteiger charge is 2.26. The lowest BCUT2D eigenvalue weighted by molar-refractivity contribution is -0.127. The minimum absolute atomic E-state index is 0.0286. The van der Waals surface area contributed by atoms with Gasteiger partial charge in [-0.2, -0.15) is 0 Å². The van der Waals surface area contributed by atoms with E-state index in [0.717, 1.165) is 55.8 Å². The number of carbonyl (C=O) groups is 2. The molecule has 1 N–H and O–H groups in total. The Morgan fingerprint density at radius 1 is 1.12 bits per heavy atom. The molecule has 0 unspecified atom stereocenters. The van der Waals surface area contributed by atoms with Crippen LogP contribution in [0.4, 0.5) is 0 Å². The Labute approximate surface area is 158 Å². The normalized spacial score (nSPS) is 16.8. The Morgan fingerprint density at radius 2 is 1.92 bits per heavy atom. The smallest absolute Gasteiger partial charge is 0.254 e. The lowest BCUT2D eigenvalue weighted by Crippen LogP contribution is -2.31. The Hall–Kier alpha value is -2.08. The highest BCUT2D eigenvalue weighted by Crippen LogP contribution is 2.36. The van der Waals surface area contributed by atoms with E-state index in [9.17, 15) is 9.59 Å². The van der Waals surface area contributed by atoms with Gasteiger partial charge >= 0.3 is 0 Å². The van der Waals surface area contributed by atoms with Crippen LogP contribution in [-0.2, 0) is 17.6 Å². The topological polar surface area (TPSA) is 54.3 Å². The van der Waals surface area contributed by atoms with Crippen LogP contribution in [-0.4, -0.2) is 40.9 Å². The van der Waals surface area contributed by atoms with Gasteiger partial charge in [-0.1, -0.05) is 0 Å². The number of aryl methyl sites for hydroxylation is 1. The SMILES string of the molecule is O=C(NCCCN1CCCC1=O)c1c(-n2cccc2)sc2c1CCCC2. The van der Waals surface area contributed by atoms with Gasteiger partial charge in [0, 0.05) is 43.3 Å². The third kappa shape index (κ3) is 3.43. The number of fused-ring (bicyclic) bond motifs is 1. The van der Waals surface area contributed by atoms with Crippen LogP contribution in [0.2, 0.25) is 0 Å². The van der Waals surface area contributed by atoms with Gasteiger partial charge in [0.2, 0.25) is 5.91 Å². The Bertz CT molecular complexity index is 794. The van der Waals surface area contributed by atoms with Crippen LogP contribution in [0.15, 0.2) is 24.5 Å². The van der Waals surface area contributed by atoms with Crippen LogP contribution in [0, 0.1) is 0 Å². The maximum Gasteiger partial charge on any atom is 0.254 e. The number of rotatable bonds is 6. The highest BCUT2D eigenvalue weighted by atomic mass is 32.1. The fourth-order valence-corrected chi connectivity index (χ4v) is 5.29. The molecule has 1 aliphatic carbocycles. The van der Waals surface area contributed by atoms with Crippen molar-refractivity contribution in [1.29, 1.82) is 0 Å². The summed E-state index contributed by atoms with van der Waals surface area (Å²) in [5.74, 6) is 0.277. The van der Waals surface area contributed by atoms with E-state index in [-0.39, 0.29) is 11.8 Å². The van der Waals surface area contributed by atoms with Crippen molar-refractivity contribution in [2.75, 3.05) is 19.6 Å². The number of hydrogen-bond acceptors (Lipinski definition) is 3. The second-order valence-corrected chi connectivity index (χ2v) is 8.16. The third-order valence-corrected chi connectivity index (χ3v) is 6.59. The fraction of sp³-hybridized carbons (Fsp3) is 0.500. The first kappa shape index (κ1) is 17.3. The largest absolute Gasteiger partial charge is 0.352 e. The molecule has 5 nitrogen and oxygen atoms in total. The van der Waals surface area contributed by atoms with E-state index >= 15 is 0 Å². The van der Waals surface area contributed by atoms with Crippen LogP contribution in [0.25, 0.3) is 5.00 Å². The molecule has 0 spiro atoms. The predicted molar refractivity (Wildman–Crippen MR) is 103 cm³/mol. The Morgan fingerprint density at radius 3 is 2.69 bits per heavy atom. The molecule has 0 bridgehead atoms. The van der Waals surface area contributed by atoms with Gasteiger partial charge in [0.25, 0.3) is 5.91 Å². The van der Waals surface area contributed by atoms with Crippen LogP contribution in [0.1, 0.15) is 52.9 Å². The molecule has 1 aliphatic heterocycles. The zero-order valence-electron chi connectivity index (χ0n) is 15.0. The summed E-state index contributed by atoms with van der Waals surface area (Å²) >= 11 is 1.76. The second kappa shape index (κ2) is 7.66. The number of carbonyl (C=O) groups excluding carboxylic acids is 2.